The Hall–Kier alpha value is -1.47. The number of nitro groups is 1. The van der Waals surface area contributed by atoms with Crippen LogP contribution in [-0.2, 0) is 4.57 Å². The number of phosphoric ester groups is 1. The van der Waals surface area contributed by atoms with E-state index in [-0.39, 0.29) is 11.4 Å². The average molecular weight is 400 g/mol. The van der Waals surface area contributed by atoms with E-state index in [1.54, 1.807) is 0 Å². The number of nitro benzene ring substituents is 1. The highest BCUT2D eigenvalue weighted by atomic mass is 31.2. The molecule has 0 heterocycles. The topological polar surface area (TPSA) is 122 Å². The van der Waals surface area contributed by atoms with E-state index in [1.165, 1.54) is 64.2 Å². The monoisotopic (exact) mass is 400 g/mol. The van der Waals surface area contributed by atoms with Crippen LogP contribution < -0.4 is 9.84 Å². The van der Waals surface area contributed by atoms with Crippen LogP contribution in [0.15, 0.2) is 24.3 Å². The van der Waals surface area contributed by atoms with E-state index in [0.29, 0.717) is 0 Å². The lowest BCUT2D eigenvalue weighted by molar-refractivity contribution is -0.384. The molecule has 1 aromatic carbocycles. The van der Waals surface area contributed by atoms with E-state index in [9.17, 15) is 14.7 Å². The summed E-state index contributed by atoms with van der Waals surface area (Å²) in [5.41, 5.74) is -0.178. The van der Waals surface area contributed by atoms with Crippen molar-refractivity contribution in [3.8, 4) is 5.75 Å². The van der Waals surface area contributed by atoms with E-state index in [1.807, 2.05) is 0 Å². The van der Waals surface area contributed by atoms with Gasteiger partial charge in [-0.3, -0.25) is 19.9 Å². The molecule has 0 saturated heterocycles. The lowest BCUT2D eigenvalue weighted by Gasteiger charge is -2.30. The van der Waals surface area contributed by atoms with Gasteiger partial charge >= 0.3 is 7.82 Å². The standard InChI is InChI=1S/C12H23N.C6H6NO6P/c1-3-7-11(8-4-1)13-12-9-5-2-6-10-12;8-7(9)5-1-3-6(4-2-5)13-14(10,11)12/h11-13H,1-10H2;1-4H,(H2,10,11,12). The molecule has 0 spiro atoms. The van der Waals surface area contributed by atoms with Crippen LogP contribution in [0.4, 0.5) is 5.69 Å². The van der Waals surface area contributed by atoms with Crippen molar-refractivity contribution >= 4 is 13.5 Å². The molecule has 0 bridgehead atoms. The van der Waals surface area contributed by atoms with E-state index in [4.69, 9.17) is 9.79 Å². The molecule has 2 aliphatic carbocycles. The van der Waals surface area contributed by atoms with Crippen LogP contribution in [0.25, 0.3) is 0 Å². The second-order valence-corrected chi connectivity index (χ2v) is 8.33. The zero-order valence-corrected chi connectivity index (χ0v) is 16.4. The summed E-state index contributed by atoms with van der Waals surface area (Å²) in [5, 5.41) is 14.1. The minimum absolute atomic E-state index is 0.121. The molecule has 2 saturated carbocycles. The summed E-state index contributed by atoms with van der Waals surface area (Å²) in [6.45, 7) is 0. The molecule has 0 aliphatic heterocycles. The first kappa shape index (κ1) is 21.8. The van der Waals surface area contributed by atoms with Crippen molar-refractivity contribution in [2.24, 2.45) is 0 Å². The zero-order valence-electron chi connectivity index (χ0n) is 15.5. The zero-order chi connectivity index (χ0) is 19.7. The predicted octanol–water partition coefficient (Wildman–Crippen LogP) is 4.31. The van der Waals surface area contributed by atoms with Crippen LogP contribution in [0, 0.1) is 10.1 Å². The van der Waals surface area contributed by atoms with Gasteiger partial charge in [-0.2, -0.15) is 0 Å². The maximum Gasteiger partial charge on any atom is 0.524 e. The van der Waals surface area contributed by atoms with Gasteiger partial charge in [-0.25, -0.2) is 4.57 Å². The van der Waals surface area contributed by atoms with Crippen LogP contribution >= 0.6 is 7.82 Å². The van der Waals surface area contributed by atoms with Gasteiger partial charge in [-0.05, 0) is 37.8 Å². The molecule has 0 radical (unpaired) electrons. The summed E-state index contributed by atoms with van der Waals surface area (Å²) in [5.74, 6) is -0.121. The minimum Gasteiger partial charge on any atom is -0.404 e. The Morgan fingerprint density at radius 3 is 1.74 bits per heavy atom. The molecule has 27 heavy (non-hydrogen) atoms. The normalized spacial score (nSPS) is 19.0. The predicted molar refractivity (Wildman–Crippen MR) is 103 cm³/mol. The summed E-state index contributed by atoms with van der Waals surface area (Å²) < 4.78 is 14.5. The second-order valence-electron chi connectivity index (χ2n) is 7.17. The lowest BCUT2D eigenvalue weighted by atomic mass is 9.91. The minimum atomic E-state index is -4.60. The number of rotatable bonds is 5. The Kier molecular flexibility index (Phi) is 8.70. The van der Waals surface area contributed by atoms with Crippen LogP contribution in [0.2, 0.25) is 0 Å². The van der Waals surface area contributed by atoms with Crippen LogP contribution in [0.5, 0.6) is 5.75 Å². The number of hydrogen-bond donors (Lipinski definition) is 3. The van der Waals surface area contributed by atoms with E-state index < -0.39 is 12.7 Å². The van der Waals surface area contributed by atoms with Crippen molar-refractivity contribution in [1.29, 1.82) is 0 Å². The summed E-state index contributed by atoms with van der Waals surface area (Å²) >= 11 is 0. The van der Waals surface area contributed by atoms with Crippen molar-refractivity contribution in [1.82, 2.24) is 5.32 Å². The van der Waals surface area contributed by atoms with Crippen molar-refractivity contribution in [3.05, 3.63) is 34.4 Å². The SMILES string of the molecule is C1CCC(NC2CCCCC2)CC1.O=[N+]([O-])c1ccc(OP(=O)(O)O)cc1. The van der Waals surface area contributed by atoms with E-state index in [2.05, 4.69) is 9.84 Å². The van der Waals surface area contributed by atoms with Crippen molar-refractivity contribution in [2.75, 3.05) is 0 Å². The molecule has 1 aromatic rings. The molecule has 0 amide bonds. The summed E-state index contributed by atoms with van der Waals surface area (Å²) in [6.07, 6.45) is 14.6. The fourth-order valence-corrected chi connectivity index (χ4v) is 4.03. The summed E-state index contributed by atoms with van der Waals surface area (Å²) in [4.78, 5) is 26.4. The first-order valence-electron chi connectivity index (χ1n) is 9.59. The highest BCUT2D eigenvalue weighted by molar-refractivity contribution is 7.46. The average Bonchev–Trinajstić information content (AvgIpc) is 2.63. The molecule has 3 N–H and O–H groups in total. The van der Waals surface area contributed by atoms with Crippen LogP contribution in [0.3, 0.4) is 0 Å². The number of hydrogen-bond acceptors (Lipinski definition) is 5. The molecule has 2 aliphatic rings. The first-order valence-corrected chi connectivity index (χ1v) is 11.1. The molecule has 0 unspecified atom stereocenters. The van der Waals surface area contributed by atoms with Gasteiger partial charge in [0.1, 0.15) is 5.75 Å². The maximum atomic E-state index is 10.4. The number of non-ortho nitro benzene ring substituents is 1. The van der Waals surface area contributed by atoms with Gasteiger partial charge in [0.25, 0.3) is 5.69 Å². The second kappa shape index (κ2) is 10.8. The largest absolute Gasteiger partial charge is 0.524 e. The molecule has 9 heteroatoms. The fraction of sp³-hybridized carbons (Fsp3) is 0.667. The van der Waals surface area contributed by atoms with Crippen molar-refractivity contribution < 1.29 is 23.8 Å². The fourth-order valence-electron chi connectivity index (χ4n) is 3.64. The van der Waals surface area contributed by atoms with E-state index in [0.717, 1.165) is 36.3 Å². The molecular weight excluding hydrogens is 371 g/mol. The third-order valence-electron chi connectivity index (χ3n) is 4.95. The van der Waals surface area contributed by atoms with Gasteiger partial charge in [0.05, 0.1) is 4.92 Å². The molecule has 2 fully saturated rings. The van der Waals surface area contributed by atoms with Gasteiger partial charge in [-0.15, -0.1) is 0 Å². The highest BCUT2D eigenvalue weighted by Crippen LogP contribution is 2.37. The Bertz CT molecular complexity index is 605. The Morgan fingerprint density at radius 2 is 1.37 bits per heavy atom. The molecular formula is C18H29N2O6P. The molecule has 0 atom stereocenters. The maximum absolute atomic E-state index is 10.4. The van der Waals surface area contributed by atoms with Gasteiger partial charge < -0.3 is 9.84 Å². The van der Waals surface area contributed by atoms with Crippen molar-refractivity contribution in [3.63, 3.8) is 0 Å². The lowest BCUT2D eigenvalue weighted by Crippen LogP contribution is -2.40. The number of nitrogens with zero attached hydrogens (tertiary/aromatic N) is 1. The van der Waals surface area contributed by atoms with Crippen LogP contribution in [0.1, 0.15) is 64.2 Å². The quantitative estimate of drug-likeness (QED) is 0.382. The van der Waals surface area contributed by atoms with Gasteiger partial charge in [0.2, 0.25) is 0 Å². The summed E-state index contributed by atoms with van der Waals surface area (Å²) in [6, 6.07) is 6.14. The smallest absolute Gasteiger partial charge is 0.404 e. The van der Waals surface area contributed by atoms with Gasteiger partial charge in [-0.1, -0.05) is 38.5 Å². The molecule has 0 aromatic heterocycles. The van der Waals surface area contributed by atoms with E-state index >= 15 is 0 Å². The third kappa shape index (κ3) is 8.84. The van der Waals surface area contributed by atoms with Gasteiger partial charge in [0, 0.05) is 24.2 Å². The Labute approximate surface area is 159 Å². The Balaban J connectivity index is 0.000000194. The highest BCUT2D eigenvalue weighted by Gasteiger charge is 2.19. The molecule has 152 valence electrons. The van der Waals surface area contributed by atoms with Gasteiger partial charge in [0.15, 0.2) is 0 Å². The number of phosphoric acid groups is 1. The third-order valence-corrected chi connectivity index (χ3v) is 5.40. The molecule has 8 nitrogen and oxygen atoms in total. The Morgan fingerprint density at radius 1 is 0.926 bits per heavy atom. The van der Waals surface area contributed by atoms with Crippen LogP contribution in [-0.4, -0.2) is 26.8 Å². The molecule has 3 rings (SSSR count). The first-order chi connectivity index (χ1) is 12.8. The number of benzene rings is 1. The van der Waals surface area contributed by atoms with Crippen molar-refractivity contribution in [2.45, 2.75) is 76.3 Å². The number of nitrogens with one attached hydrogen (secondary N) is 1. The summed E-state index contributed by atoms with van der Waals surface area (Å²) in [7, 11) is -4.60.